The SMILES string of the molecule is CC(=O)N1CCN(C(C)=O)C1(c1ccccc1)c1c[nH]c2ccccc12. The zero-order chi connectivity index (χ0) is 18.3. The molecule has 0 saturated carbocycles. The number of benzene rings is 2. The molecular formula is C21H21N3O2. The van der Waals surface area contributed by atoms with E-state index in [0.29, 0.717) is 13.1 Å². The number of para-hydroxylation sites is 1. The van der Waals surface area contributed by atoms with Gasteiger partial charge in [-0.15, -0.1) is 0 Å². The van der Waals surface area contributed by atoms with Crippen molar-refractivity contribution in [3.63, 3.8) is 0 Å². The number of aromatic amines is 1. The van der Waals surface area contributed by atoms with Gasteiger partial charge in [0.1, 0.15) is 0 Å². The fraction of sp³-hybridized carbons (Fsp3) is 0.238. The van der Waals surface area contributed by atoms with Crippen molar-refractivity contribution in [2.75, 3.05) is 13.1 Å². The molecule has 0 atom stereocenters. The lowest BCUT2D eigenvalue weighted by atomic mass is 9.88. The molecule has 0 spiro atoms. The van der Waals surface area contributed by atoms with E-state index >= 15 is 0 Å². The monoisotopic (exact) mass is 347 g/mol. The van der Waals surface area contributed by atoms with Gasteiger partial charge in [0, 0.05) is 55.2 Å². The molecule has 132 valence electrons. The number of hydrogen-bond donors (Lipinski definition) is 1. The summed E-state index contributed by atoms with van der Waals surface area (Å²) in [4.78, 5) is 32.1. The Morgan fingerprint density at radius 1 is 0.885 bits per heavy atom. The summed E-state index contributed by atoms with van der Waals surface area (Å²) >= 11 is 0. The largest absolute Gasteiger partial charge is 0.361 e. The second kappa shape index (κ2) is 6.02. The predicted octanol–water partition coefficient (Wildman–Crippen LogP) is 3.08. The van der Waals surface area contributed by atoms with Gasteiger partial charge in [0.25, 0.3) is 0 Å². The Balaban J connectivity index is 2.10. The molecule has 2 amide bonds. The molecule has 4 rings (SSSR count). The van der Waals surface area contributed by atoms with E-state index < -0.39 is 5.66 Å². The number of amides is 2. The molecule has 1 fully saturated rings. The number of nitrogens with one attached hydrogen (secondary N) is 1. The van der Waals surface area contributed by atoms with Crippen LogP contribution in [0.15, 0.2) is 60.8 Å². The topological polar surface area (TPSA) is 56.4 Å². The van der Waals surface area contributed by atoms with Crippen LogP contribution in [0.2, 0.25) is 0 Å². The van der Waals surface area contributed by atoms with Gasteiger partial charge in [-0.25, -0.2) is 0 Å². The standard InChI is InChI=1S/C21H21N3O2/c1-15(25)23-12-13-24(16(2)26)21(23,17-8-4-3-5-9-17)19-14-22-20-11-7-6-10-18(19)20/h3-11,14,22H,12-13H2,1-2H3. The number of rotatable bonds is 2. The maximum absolute atomic E-state index is 12.6. The van der Waals surface area contributed by atoms with Crippen molar-refractivity contribution in [1.29, 1.82) is 0 Å². The van der Waals surface area contributed by atoms with Crippen LogP contribution in [0.1, 0.15) is 25.0 Å². The quantitative estimate of drug-likeness (QED) is 0.774. The minimum Gasteiger partial charge on any atom is -0.361 e. The third-order valence-electron chi connectivity index (χ3n) is 5.23. The fourth-order valence-corrected chi connectivity index (χ4v) is 4.23. The lowest BCUT2D eigenvalue weighted by Crippen LogP contribution is -2.54. The molecule has 1 aliphatic heterocycles. The van der Waals surface area contributed by atoms with Crippen molar-refractivity contribution in [3.05, 3.63) is 71.9 Å². The van der Waals surface area contributed by atoms with Gasteiger partial charge in [-0.05, 0) is 6.07 Å². The maximum Gasteiger partial charge on any atom is 0.221 e. The summed E-state index contributed by atoms with van der Waals surface area (Å²) in [5.74, 6) is -0.106. The van der Waals surface area contributed by atoms with E-state index in [9.17, 15) is 9.59 Å². The van der Waals surface area contributed by atoms with Crippen molar-refractivity contribution >= 4 is 22.7 Å². The van der Waals surface area contributed by atoms with Crippen LogP contribution in [0.5, 0.6) is 0 Å². The molecule has 26 heavy (non-hydrogen) atoms. The zero-order valence-electron chi connectivity index (χ0n) is 14.9. The molecule has 0 unspecified atom stereocenters. The summed E-state index contributed by atoms with van der Waals surface area (Å²) in [5, 5.41) is 1.01. The van der Waals surface area contributed by atoms with Gasteiger partial charge < -0.3 is 14.8 Å². The molecule has 0 bridgehead atoms. The van der Waals surface area contributed by atoms with Crippen LogP contribution in [0.25, 0.3) is 10.9 Å². The van der Waals surface area contributed by atoms with Crippen LogP contribution in [-0.4, -0.2) is 39.7 Å². The molecule has 1 saturated heterocycles. The number of carbonyl (C=O) groups excluding carboxylic acids is 2. The first-order valence-corrected chi connectivity index (χ1v) is 8.75. The van der Waals surface area contributed by atoms with E-state index in [0.717, 1.165) is 22.0 Å². The Labute approximate surface area is 152 Å². The van der Waals surface area contributed by atoms with Crippen LogP contribution in [-0.2, 0) is 15.3 Å². The third kappa shape index (κ3) is 2.17. The Bertz CT molecular complexity index is 955. The highest BCUT2D eigenvalue weighted by Crippen LogP contribution is 2.45. The van der Waals surface area contributed by atoms with Crippen molar-refractivity contribution in [2.24, 2.45) is 0 Å². The molecule has 0 aliphatic carbocycles. The molecule has 5 heteroatoms. The van der Waals surface area contributed by atoms with Crippen molar-refractivity contribution in [2.45, 2.75) is 19.5 Å². The molecule has 1 N–H and O–H groups in total. The van der Waals surface area contributed by atoms with Gasteiger partial charge in [-0.2, -0.15) is 0 Å². The number of carbonyl (C=O) groups is 2. The number of aromatic nitrogens is 1. The summed E-state index contributed by atoms with van der Waals surface area (Å²) in [6.07, 6.45) is 1.93. The van der Waals surface area contributed by atoms with Gasteiger partial charge in [-0.1, -0.05) is 48.5 Å². The Morgan fingerprint density at radius 2 is 1.46 bits per heavy atom. The van der Waals surface area contributed by atoms with Crippen LogP contribution >= 0.6 is 0 Å². The first kappa shape index (κ1) is 16.4. The van der Waals surface area contributed by atoms with Gasteiger partial charge in [0.2, 0.25) is 11.8 Å². The van der Waals surface area contributed by atoms with Gasteiger partial charge in [0.15, 0.2) is 5.66 Å². The van der Waals surface area contributed by atoms with Crippen molar-refractivity contribution < 1.29 is 9.59 Å². The van der Waals surface area contributed by atoms with Gasteiger partial charge >= 0.3 is 0 Å². The van der Waals surface area contributed by atoms with E-state index in [4.69, 9.17) is 0 Å². The summed E-state index contributed by atoms with van der Waals surface area (Å²) in [6.45, 7) is 4.14. The Hall–Kier alpha value is -3.08. The highest BCUT2D eigenvalue weighted by molar-refractivity contribution is 5.88. The fourth-order valence-electron chi connectivity index (χ4n) is 4.23. The van der Waals surface area contributed by atoms with Gasteiger partial charge in [-0.3, -0.25) is 9.59 Å². The van der Waals surface area contributed by atoms with Crippen molar-refractivity contribution in [3.8, 4) is 0 Å². The zero-order valence-corrected chi connectivity index (χ0v) is 14.9. The average molecular weight is 347 g/mol. The van der Waals surface area contributed by atoms with Crippen LogP contribution in [0, 0.1) is 0 Å². The summed E-state index contributed by atoms with van der Waals surface area (Å²) < 4.78 is 0. The molecular weight excluding hydrogens is 326 g/mol. The number of fused-ring (bicyclic) bond motifs is 1. The second-order valence-electron chi connectivity index (χ2n) is 6.63. The molecule has 1 aliphatic rings. The number of nitrogens with zero attached hydrogens (tertiary/aromatic N) is 2. The first-order chi connectivity index (χ1) is 12.6. The minimum absolute atomic E-state index is 0.0529. The van der Waals surface area contributed by atoms with Crippen LogP contribution in [0.4, 0.5) is 0 Å². The van der Waals surface area contributed by atoms with E-state index in [2.05, 4.69) is 4.98 Å². The molecule has 1 aromatic heterocycles. The lowest BCUT2D eigenvalue weighted by Gasteiger charge is -2.43. The van der Waals surface area contributed by atoms with E-state index in [1.54, 1.807) is 23.6 Å². The van der Waals surface area contributed by atoms with Crippen LogP contribution in [0.3, 0.4) is 0 Å². The Kier molecular flexibility index (Phi) is 3.80. The first-order valence-electron chi connectivity index (χ1n) is 8.75. The highest BCUT2D eigenvalue weighted by Gasteiger charge is 2.53. The summed E-state index contributed by atoms with van der Waals surface area (Å²) in [6, 6.07) is 17.8. The lowest BCUT2D eigenvalue weighted by molar-refractivity contribution is -0.142. The smallest absolute Gasteiger partial charge is 0.221 e. The molecule has 3 aromatic rings. The molecule has 2 aromatic carbocycles. The van der Waals surface area contributed by atoms with Crippen LogP contribution < -0.4 is 0 Å². The summed E-state index contributed by atoms with van der Waals surface area (Å²) in [7, 11) is 0. The van der Waals surface area contributed by atoms with E-state index in [1.165, 1.54) is 0 Å². The Morgan fingerprint density at radius 3 is 2.08 bits per heavy atom. The van der Waals surface area contributed by atoms with E-state index in [-0.39, 0.29) is 11.8 Å². The minimum atomic E-state index is -0.946. The number of hydrogen-bond acceptors (Lipinski definition) is 2. The predicted molar refractivity (Wildman–Crippen MR) is 100 cm³/mol. The normalized spacial score (nSPS) is 16.2. The maximum atomic E-state index is 12.6. The number of H-pyrrole nitrogens is 1. The molecule has 5 nitrogen and oxygen atoms in total. The van der Waals surface area contributed by atoms with Crippen molar-refractivity contribution in [1.82, 2.24) is 14.8 Å². The highest BCUT2D eigenvalue weighted by atomic mass is 16.2. The average Bonchev–Trinajstić information content (AvgIpc) is 3.24. The third-order valence-corrected chi connectivity index (χ3v) is 5.23. The van der Waals surface area contributed by atoms with Gasteiger partial charge in [0.05, 0.1) is 0 Å². The summed E-state index contributed by atoms with van der Waals surface area (Å²) in [5.41, 5.74) is 1.87. The van der Waals surface area contributed by atoms with E-state index in [1.807, 2.05) is 60.8 Å². The molecule has 0 radical (unpaired) electrons. The second-order valence-corrected chi connectivity index (χ2v) is 6.63. The molecule has 2 heterocycles.